The van der Waals surface area contributed by atoms with Crippen LogP contribution in [0.2, 0.25) is 0 Å². The van der Waals surface area contributed by atoms with E-state index >= 15 is 0 Å². The van der Waals surface area contributed by atoms with Crippen LogP contribution >= 0.6 is 0 Å². The van der Waals surface area contributed by atoms with Gasteiger partial charge in [-0.2, -0.15) is 9.61 Å². The standard InChI is InChI=1S/C20H27N7O/c1-13(2)15-11-24-27-19(23-10-14-3-6-21-7-4-14)9-18(26-20(15)27)25-16-12-22-8-5-17(16)28/h3-4,6-7,9,11,13,16-17,22-23,28H,5,8,10,12H2,1-2H3,(H,25,26)/t16?,17-/m1/s1. The molecule has 4 N–H and O–H groups in total. The summed E-state index contributed by atoms with van der Waals surface area (Å²) in [6.45, 7) is 6.48. The smallest absolute Gasteiger partial charge is 0.163 e. The van der Waals surface area contributed by atoms with Crippen molar-refractivity contribution in [3.8, 4) is 0 Å². The zero-order chi connectivity index (χ0) is 19.5. The van der Waals surface area contributed by atoms with E-state index in [1.54, 1.807) is 12.4 Å². The minimum absolute atomic E-state index is 0.0674. The average Bonchev–Trinajstić information content (AvgIpc) is 3.13. The fourth-order valence-corrected chi connectivity index (χ4v) is 3.46. The number of aliphatic hydroxyl groups is 1. The number of fused-ring (bicyclic) bond motifs is 1. The summed E-state index contributed by atoms with van der Waals surface area (Å²) in [5.41, 5.74) is 3.06. The van der Waals surface area contributed by atoms with Gasteiger partial charge in [-0.3, -0.25) is 4.98 Å². The molecule has 2 atom stereocenters. The molecular formula is C20H27N7O. The molecule has 4 rings (SSSR count). The lowest BCUT2D eigenvalue weighted by atomic mass is 10.0. The van der Waals surface area contributed by atoms with Crippen molar-refractivity contribution in [2.24, 2.45) is 0 Å². The summed E-state index contributed by atoms with van der Waals surface area (Å²) in [6.07, 6.45) is 5.80. The molecule has 1 fully saturated rings. The lowest BCUT2D eigenvalue weighted by Crippen LogP contribution is -2.48. The van der Waals surface area contributed by atoms with Crippen LogP contribution in [0.4, 0.5) is 11.6 Å². The molecule has 0 spiro atoms. The number of hydrogen-bond donors (Lipinski definition) is 4. The third-order valence-electron chi connectivity index (χ3n) is 5.12. The Bertz CT molecular complexity index is 925. The van der Waals surface area contributed by atoms with Gasteiger partial charge in [0.15, 0.2) is 5.65 Å². The molecule has 1 aliphatic heterocycles. The van der Waals surface area contributed by atoms with E-state index < -0.39 is 0 Å². The zero-order valence-electron chi connectivity index (χ0n) is 16.3. The molecule has 148 valence electrons. The van der Waals surface area contributed by atoms with Crippen LogP contribution in [0, 0.1) is 0 Å². The summed E-state index contributed by atoms with van der Waals surface area (Å²) in [4.78, 5) is 8.87. The maximum absolute atomic E-state index is 10.3. The molecule has 4 heterocycles. The summed E-state index contributed by atoms with van der Waals surface area (Å²) in [5.74, 6) is 1.91. The first-order valence-electron chi connectivity index (χ1n) is 9.78. The van der Waals surface area contributed by atoms with Crippen LogP contribution in [0.15, 0.2) is 36.8 Å². The van der Waals surface area contributed by atoms with Gasteiger partial charge >= 0.3 is 0 Å². The van der Waals surface area contributed by atoms with Gasteiger partial charge in [-0.1, -0.05) is 13.8 Å². The van der Waals surface area contributed by atoms with Gasteiger partial charge in [-0.15, -0.1) is 0 Å². The zero-order valence-corrected chi connectivity index (χ0v) is 16.3. The molecule has 1 saturated heterocycles. The van der Waals surface area contributed by atoms with E-state index in [9.17, 15) is 5.11 Å². The summed E-state index contributed by atoms with van der Waals surface area (Å²) in [7, 11) is 0. The van der Waals surface area contributed by atoms with E-state index in [1.807, 2.05) is 28.9 Å². The minimum Gasteiger partial charge on any atom is -0.391 e. The molecule has 8 nitrogen and oxygen atoms in total. The van der Waals surface area contributed by atoms with E-state index in [4.69, 9.17) is 4.98 Å². The Labute approximate surface area is 164 Å². The van der Waals surface area contributed by atoms with Crippen molar-refractivity contribution in [3.05, 3.63) is 47.9 Å². The highest BCUT2D eigenvalue weighted by Crippen LogP contribution is 2.25. The SMILES string of the molecule is CC(C)c1cnn2c(NCc3ccncc3)cc(NC3CNCC[C@H]3O)nc12. The van der Waals surface area contributed by atoms with E-state index in [1.165, 1.54) is 0 Å². The Hall–Kier alpha value is -2.71. The highest BCUT2D eigenvalue weighted by Gasteiger charge is 2.23. The Morgan fingerprint density at radius 3 is 2.89 bits per heavy atom. The van der Waals surface area contributed by atoms with Crippen LogP contribution < -0.4 is 16.0 Å². The molecule has 3 aromatic heterocycles. The summed E-state index contributed by atoms with van der Waals surface area (Å²) < 4.78 is 1.84. The van der Waals surface area contributed by atoms with Crippen molar-refractivity contribution >= 4 is 17.3 Å². The summed E-state index contributed by atoms with van der Waals surface area (Å²) in [6, 6.07) is 5.85. The molecule has 1 aliphatic rings. The topological polar surface area (TPSA) is 99.4 Å². The number of pyridine rings is 1. The van der Waals surface area contributed by atoms with Gasteiger partial charge in [0.2, 0.25) is 0 Å². The molecule has 0 aliphatic carbocycles. The first kappa shape index (κ1) is 18.6. The van der Waals surface area contributed by atoms with Crippen LogP contribution in [0.5, 0.6) is 0 Å². The highest BCUT2D eigenvalue weighted by atomic mass is 16.3. The van der Waals surface area contributed by atoms with Crippen LogP contribution in [0.25, 0.3) is 5.65 Å². The Morgan fingerprint density at radius 2 is 2.14 bits per heavy atom. The van der Waals surface area contributed by atoms with Crippen molar-refractivity contribution in [1.82, 2.24) is 24.9 Å². The van der Waals surface area contributed by atoms with Gasteiger partial charge < -0.3 is 21.1 Å². The Balaban J connectivity index is 1.65. The van der Waals surface area contributed by atoms with Gasteiger partial charge in [0.05, 0.1) is 18.3 Å². The van der Waals surface area contributed by atoms with Crippen LogP contribution in [-0.2, 0) is 6.54 Å². The Morgan fingerprint density at radius 1 is 1.32 bits per heavy atom. The van der Waals surface area contributed by atoms with E-state index in [0.717, 1.165) is 41.4 Å². The third kappa shape index (κ3) is 3.93. The van der Waals surface area contributed by atoms with E-state index in [0.29, 0.717) is 19.0 Å². The van der Waals surface area contributed by atoms with E-state index in [2.05, 4.69) is 39.9 Å². The molecule has 3 aromatic rings. The number of aromatic nitrogens is 4. The molecule has 0 saturated carbocycles. The lowest BCUT2D eigenvalue weighted by molar-refractivity contribution is 0.124. The van der Waals surface area contributed by atoms with Crippen molar-refractivity contribution in [3.63, 3.8) is 0 Å². The highest BCUT2D eigenvalue weighted by molar-refractivity contribution is 5.61. The lowest BCUT2D eigenvalue weighted by Gasteiger charge is -2.29. The third-order valence-corrected chi connectivity index (χ3v) is 5.12. The van der Waals surface area contributed by atoms with E-state index in [-0.39, 0.29) is 12.1 Å². The fraction of sp³-hybridized carbons (Fsp3) is 0.450. The monoisotopic (exact) mass is 381 g/mol. The van der Waals surface area contributed by atoms with Gasteiger partial charge in [-0.05, 0) is 36.6 Å². The maximum Gasteiger partial charge on any atom is 0.163 e. The minimum atomic E-state index is -0.387. The molecule has 0 aromatic carbocycles. The fourth-order valence-electron chi connectivity index (χ4n) is 3.46. The summed E-state index contributed by atoms with van der Waals surface area (Å²) >= 11 is 0. The molecule has 1 unspecified atom stereocenters. The second-order valence-corrected chi connectivity index (χ2v) is 7.54. The number of aliphatic hydroxyl groups excluding tert-OH is 1. The predicted molar refractivity (Wildman–Crippen MR) is 110 cm³/mol. The van der Waals surface area contributed by atoms with Gasteiger partial charge in [0.1, 0.15) is 11.6 Å². The van der Waals surface area contributed by atoms with Gasteiger partial charge in [0.25, 0.3) is 0 Å². The van der Waals surface area contributed by atoms with Crippen LogP contribution in [0.3, 0.4) is 0 Å². The predicted octanol–water partition coefficient (Wildman–Crippen LogP) is 1.99. The number of nitrogens with one attached hydrogen (secondary N) is 3. The Kier molecular flexibility index (Phi) is 5.40. The first-order valence-corrected chi connectivity index (χ1v) is 9.78. The summed E-state index contributed by atoms with van der Waals surface area (Å²) in [5, 5.41) is 25.0. The molecule has 0 radical (unpaired) electrons. The van der Waals surface area contributed by atoms with Crippen molar-refractivity contribution in [2.75, 3.05) is 23.7 Å². The normalized spacial score (nSPS) is 19.9. The van der Waals surface area contributed by atoms with Crippen LogP contribution in [0.1, 0.15) is 37.3 Å². The molecule has 28 heavy (non-hydrogen) atoms. The number of anilines is 2. The largest absolute Gasteiger partial charge is 0.391 e. The number of nitrogens with zero attached hydrogens (tertiary/aromatic N) is 4. The van der Waals surface area contributed by atoms with Crippen molar-refractivity contribution < 1.29 is 5.11 Å². The second-order valence-electron chi connectivity index (χ2n) is 7.54. The first-order chi connectivity index (χ1) is 13.6. The van der Waals surface area contributed by atoms with Gasteiger partial charge in [0, 0.05) is 37.1 Å². The molecular weight excluding hydrogens is 354 g/mol. The second kappa shape index (κ2) is 8.12. The molecule has 0 amide bonds. The van der Waals surface area contributed by atoms with Crippen LogP contribution in [-0.4, -0.2) is 49.9 Å². The maximum atomic E-state index is 10.3. The molecule has 8 heteroatoms. The van der Waals surface area contributed by atoms with Gasteiger partial charge in [-0.25, -0.2) is 4.98 Å². The number of rotatable bonds is 6. The quantitative estimate of drug-likeness (QED) is 0.518. The number of piperidine rings is 1. The van der Waals surface area contributed by atoms with Crippen molar-refractivity contribution in [2.45, 2.75) is 44.9 Å². The average molecular weight is 381 g/mol. The van der Waals surface area contributed by atoms with Crippen molar-refractivity contribution in [1.29, 1.82) is 0 Å². The number of hydrogen-bond acceptors (Lipinski definition) is 7. The molecule has 0 bridgehead atoms.